The molecule has 0 bridgehead atoms. The molecular weight excluding hydrogens is 330 g/mol. The Kier molecular flexibility index (Phi) is 5.56. The molecule has 3 heterocycles. The lowest BCUT2D eigenvalue weighted by atomic mass is 9.92. The Hall–Kier alpha value is -2.41. The number of hydrogen-bond donors (Lipinski definition) is 1. The average Bonchev–Trinajstić information content (AvgIpc) is 3.05. The van der Waals surface area contributed by atoms with Crippen LogP contribution in [0.3, 0.4) is 0 Å². The van der Waals surface area contributed by atoms with Crippen molar-refractivity contribution in [1.82, 2.24) is 19.7 Å². The molecule has 0 radical (unpaired) electrons. The highest BCUT2D eigenvalue weighted by atomic mass is 16.3. The molecule has 0 unspecified atom stereocenters. The van der Waals surface area contributed by atoms with E-state index < -0.39 is 5.60 Å². The first-order chi connectivity index (χ1) is 12.5. The summed E-state index contributed by atoms with van der Waals surface area (Å²) in [5, 5.41) is 15.2. The Bertz CT molecular complexity index is 733. The van der Waals surface area contributed by atoms with Crippen LogP contribution in [0.15, 0.2) is 36.7 Å². The van der Waals surface area contributed by atoms with Crippen LogP contribution in [0.5, 0.6) is 0 Å². The van der Waals surface area contributed by atoms with E-state index in [1.807, 2.05) is 31.3 Å². The molecule has 0 aliphatic carbocycles. The molecule has 3 rings (SSSR count). The van der Waals surface area contributed by atoms with Gasteiger partial charge in [-0.3, -0.25) is 9.48 Å². The van der Waals surface area contributed by atoms with Crippen molar-refractivity contribution in [3.8, 4) is 0 Å². The molecule has 7 heteroatoms. The minimum atomic E-state index is -0.910. The highest BCUT2D eigenvalue weighted by Gasteiger charge is 2.35. The van der Waals surface area contributed by atoms with Crippen LogP contribution < -0.4 is 4.90 Å². The molecule has 1 aliphatic heterocycles. The van der Waals surface area contributed by atoms with Gasteiger partial charge in [0.05, 0.1) is 12.1 Å². The number of aromatic nitrogens is 3. The Morgan fingerprint density at radius 3 is 2.88 bits per heavy atom. The number of nitrogens with zero attached hydrogens (tertiary/aromatic N) is 5. The summed E-state index contributed by atoms with van der Waals surface area (Å²) in [6.07, 6.45) is 6.13. The van der Waals surface area contributed by atoms with Crippen molar-refractivity contribution in [1.29, 1.82) is 0 Å². The van der Waals surface area contributed by atoms with Crippen LogP contribution in [0.1, 0.15) is 25.0 Å². The number of hydrogen-bond acceptors (Lipinski definition) is 5. The number of pyridine rings is 1. The highest BCUT2D eigenvalue weighted by Crippen LogP contribution is 2.25. The molecule has 7 nitrogen and oxygen atoms in total. The van der Waals surface area contributed by atoms with E-state index in [4.69, 9.17) is 0 Å². The molecule has 0 saturated carbocycles. The van der Waals surface area contributed by atoms with Gasteiger partial charge in [-0.2, -0.15) is 5.10 Å². The predicted octanol–water partition coefficient (Wildman–Crippen LogP) is 1.24. The van der Waals surface area contributed by atoms with Crippen molar-refractivity contribution in [2.24, 2.45) is 7.05 Å². The summed E-state index contributed by atoms with van der Waals surface area (Å²) in [6.45, 7) is 1.70. The maximum atomic E-state index is 12.5. The topological polar surface area (TPSA) is 74.5 Å². The monoisotopic (exact) mass is 357 g/mol. The Labute approximate surface area is 154 Å². The van der Waals surface area contributed by atoms with Gasteiger partial charge in [0.25, 0.3) is 0 Å². The van der Waals surface area contributed by atoms with E-state index in [0.717, 1.165) is 24.5 Å². The van der Waals surface area contributed by atoms with E-state index in [1.54, 1.807) is 29.0 Å². The van der Waals surface area contributed by atoms with Gasteiger partial charge in [0.2, 0.25) is 5.91 Å². The number of carbonyl (C=O) groups excluding carboxylic acids is 1. The first-order valence-corrected chi connectivity index (χ1v) is 9.06. The number of likely N-dealkylation sites (N-methyl/N-ethyl adjacent to an activating group) is 1. The van der Waals surface area contributed by atoms with Crippen LogP contribution >= 0.6 is 0 Å². The van der Waals surface area contributed by atoms with E-state index in [9.17, 15) is 9.90 Å². The number of β-amino-alcohol motifs (C(OH)–C–C–N with tert-alkyl or cyclic N) is 1. The third-order valence-electron chi connectivity index (χ3n) is 5.00. The van der Waals surface area contributed by atoms with Crippen LogP contribution in [0, 0.1) is 0 Å². The van der Waals surface area contributed by atoms with Crippen LogP contribution in [-0.4, -0.2) is 63.0 Å². The number of rotatable bonds is 6. The van der Waals surface area contributed by atoms with Crippen molar-refractivity contribution in [2.45, 2.75) is 31.3 Å². The molecule has 1 aliphatic rings. The minimum absolute atomic E-state index is 0.0367. The summed E-state index contributed by atoms with van der Waals surface area (Å²) in [7, 11) is 3.64. The zero-order valence-electron chi connectivity index (χ0n) is 15.5. The van der Waals surface area contributed by atoms with Crippen LogP contribution in [-0.2, 0) is 18.3 Å². The summed E-state index contributed by atoms with van der Waals surface area (Å²) in [5.41, 5.74) is 0.122. The molecule has 1 saturated heterocycles. The van der Waals surface area contributed by atoms with Crippen LogP contribution in [0.25, 0.3) is 0 Å². The maximum Gasteiger partial charge on any atom is 0.222 e. The summed E-state index contributed by atoms with van der Waals surface area (Å²) in [4.78, 5) is 20.6. The summed E-state index contributed by atoms with van der Waals surface area (Å²) in [6, 6.07) is 7.71. The van der Waals surface area contributed by atoms with Gasteiger partial charge in [-0.1, -0.05) is 6.07 Å². The molecule has 26 heavy (non-hydrogen) atoms. The first-order valence-electron chi connectivity index (χ1n) is 9.06. The van der Waals surface area contributed by atoms with Crippen molar-refractivity contribution in [3.05, 3.63) is 42.4 Å². The number of aliphatic hydroxyl groups is 1. The normalized spacial score (nSPS) is 20.2. The lowest BCUT2D eigenvalue weighted by Crippen LogP contribution is -2.54. The molecule has 1 N–H and O–H groups in total. The zero-order valence-corrected chi connectivity index (χ0v) is 15.5. The lowest BCUT2D eigenvalue weighted by Gasteiger charge is -2.41. The zero-order chi connectivity index (χ0) is 18.6. The molecule has 1 atom stereocenters. The molecule has 140 valence electrons. The van der Waals surface area contributed by atoms with Crippen LogP contribution in [0.4, 0.5) is 5.82 Å². The smallest absolute Gasteiger partial charge is 0.222 e. The van der Waals surface area contributed by atoms with Gasteiger partial charge in [0, 0.05) is 51.7 Å². The Morgan fingerprint density at radius 2 is 2.19 bits per heavy atom. The van der Waals surface area contributed by atoms with E-state index in [-0.39, 0.29) is 5.91 Å². The summed E-state index contributed by atoms with van der Waals surface area (Å²) >= 11 is 0. The van der Waals surface area contributed by atoms with E-state index >= 15 is 0 Å². The van der Waals surface area contributed by atoms with Gasteiger partial charge < -0.3 is 14.9 Å². The average molecular weight is 357 g/mol. The fraction of sp³-hybridized carbons (Fsp3) is 0.526. The second kappa shape index (κ2) is 7.86. The summed E-state index contributed by atoms with van der Waals surface area (Å²) in [5.74, 6) is 0.908. The van der Waals surface area contributed by atoms with Gasteiger partial charge in [0.15, 0.2) is 0 Å². The van der Waals surface area contributed by atoms with Gasteiger partial charge in [0.1, 0.15) is 5.82 Å². The number of amides is 1. The lowest BCUT2D eigenvalue weighted by molar-refractivity contribution is -0.133. The third kappa shape index (κ3) is 4.40. The molecule has 2 aromatic rings. The maximum absolute atomic E-state index is 12.5. The largest absolute Gasteiger partial charge is 0.386 e. The first kappa shape index (κ1) is 18.4. The summed E-state index contributed by atoms with van der Waals surface area (Å²) < 4.78 is 1.78. The number of anilines is 1. The molecule has 1 fully saturated rings. The van der Waals surface area contributed by atoms with Crippen molar-refractivity contribution >= 4 is 11.7 Å². The molecule has 1 amide bonds. The van der Waals surface area contributed by atoms with E-state index in [2.05, 4.69) is 15.0 Å². The number of carbonyl (C=O) groups is 1. The quantitative estimate of drug-likeness (QED) is 0.842. The number of aryl methyl sites for hydroxylation is 2. The van der Waals surface area contributed by atoms with Gasteiger partial charge in [-0.15, -0.1) is 0 Å². The SMILES string of the molecule is CN(C[C@]1(O)CCCN(c2ccccn2)C1)C(=O)CCc1ccnn1C. The van der Waals surface area contributed by atoms with Crippen molar-refractivity contribution in [2.75, 3.05) is 31.6 Å². The second-order valence-corrected chi connectivity index (χ2v) is 7.13. The standard InChI is InChI=1S/C19H27N5O2/c1-22(18(25)8-7-16-9-12-21-23(16)2)14-19(26)10-5-13-24(15-19)17-6-3-4-11-20-17/h3-4,6,9,11-12,26H,5,7-8,10,13-15H2,1-2H3/t19-/m1/s1. The molecule has 0 spiro atoms. The van der Waals surface area contributed by atoms with Crippen LogP contribution in [0.2, 0.25) is 0 Å². The molecular formula is C19H27N5O2. The predicted molar refractivity (Wildman–Crippen MR) is 99.8 cm³/mol. The third-order valence-corrected chi connectivity index (χ3v) is 5.00. The van der Waals surface area contributed by atoms with Crippen molar-refractivity contribution in [3.63, 3.8) is 0 Å². The molecule has 0 aromatic carbocycles. The van der Waals surface area contributed by atoms with Gasteiger partial charge >= 0.3 is 0 Å². The Balaban J connectivity index is 1.56. The molecule has 2 aromatic heterocycles. The van der Waals surface area contributed by atoms with Gasteiger partial charge in [-0.25, -0.2) is 4.98 Å². The van der Waals surface area contributed by atoms with Crippen molar-refractivity contribution < 1.29 is 9.90 Å². The minimum Gasteiger partial charge on any atom is -0.386 e. The Morgan fingerprint density at radius 1 is 1.35 bits per heavy atom. The fourth-order valence-corrected chi connectivity index (χ4v) is 3.58. The van der Waals surface area contributed by atoms with Gasteiger partial charge in [-0.05, 0) is 37.5 Å². The van der Waals surface area contributed by atoms with E-state index in [0.29, 0.717) is 32.4 Å². The second-order valence-electron chi connectivity index (χ2n) is 7.13. The highest BCUT2D eigenvalue weighted by molar-refractivity contribution is 5.76. The fourth-order valence-electron chi connectivity index (χ4n) is 3.58. The number of piperidine rings is 1. The van der Waals surface area contributed by atoms with E-state index in [1.165, 1.54) is 0 Å².